The summed E-state index contributed by atoms with van der Waals surface area (Å²) in [7, 11) is 5.01. The summed E-state index contributed by atoms with van der Waals surface area (Å²) >= 11 is 0. The zero-order valence-corrected chi connectivity index (χ0v) is 8.16. The van der Waals surface area contributed by atoms with Gasteiger partial charge in [-0.15, -0.1) is 0 Å². The first kappa shape index (κ1) is 11.4. The number of aliphatic hydroxyl groups is 1. The van der Waals surface area contributed by atoms with Crippen molar-refractivity contribution >= 4 is 5.97 Å². The number of carboxylic acids is 1. The van der Waals surface area contributed by atoms with Crippen LogP contribution in [0.1, 0.15) is 19.8 Å². The Morgan fingerprint density at radius 2 is 1.83 bits per heavy atom. The predicted molar refractivity (Wildman–Crippen MR) is 45.5 cm³/mol. The molecule has 0 amide bonds. The van der Waals surface area contributed by atoms with E-state index in [4.69, 9.17) is 5.11 Å². The minimum atomic E-state index is -1.66. The minimum absolute atomic E-state index is 0.0240. The summed E-state index contributed by atoms with van der Waals surface area (Å²) in [5, 5.41) is 18.6. The summed E-state index contributed by atoms with van der Waals surface area (Å²) < 4.78 is 0.0240. The highest BCUT2D eigenvalue weighted by atomic mass is 16.4. The standard InChI is InChI=1S/C8H17NO3/c1-5-6-8(12,7(10)11)9(2,3)4/h12H,5-6H2,1-4H3/p+1. The Kier molecular flexibility index (Phi) is 3.24. The first-order valence-corrected chi connectivity index (χ1v) is 4.03. The van der Waals surface area contributed by atoms with Gasteiger partial charge in [-0.2, -0.15) is 0 Å². The summed E-state index contributed by atoms with van der Waals surface area (Å²) in [6.07, 6.45) is 0.921. The largest absolute Gasteiger partial charge is 0.475 e. The molecular formula is C8H18NO3+. The molecule has 0 aliphatic rings. The van der Waals surface area contributed by atoms with Crippen LogP contribution in [0.2, 0.25) is 0 Å². The van der Waals surface area contributed by atoms with E-state index >= 15 is 0 Å². The molecule has 0 spiro atoms. The fourth-order valence-electron chi connectivity index (χ4n) is 1.08. The molecule has 4 heteroatoms. The summed E-state index contributed by atoms with van der Waals surface area (Å²) in [6, 6.07) is 0. The van der Waals surface area contributed by atoms with E-state index < -0.39 is 11.7 Å². The molecule has 0 aromatic carbocycles. The molecule has 1 unspecified atom stereocenters. The predicted octanol–water partition coefficient (Wildman–Crippen LogP) is 0.266. The third-order valence-electron chi connectivity index (χ3n) is 2.05. The molecule has 0 aromatic rings. The van der Waals surface area contributed by atoms with Gasteiger partial charge in [0.15, 0.2) is 0 Å². The monoisotopic (exact) mass is 176 g/mol. The van der Waals surface area contributed by atoms with Crippen LogP contribution in [0, 0.1) is 0 Å². The van der Waals surface area contributed by atoms with E-state index in [2.05, 4.69) is 0 Å². The Bertz CT molecular complexity index is 174. The summed E-state index contributed by atoms with van der Waals surface area (Å²) in [5.41, 5.74) is -1.66. The number of nitrogens with zero attached hydrogens (tertiary/aromatic N) is 1. The van der Waals surface area contributed by atoms with Crippen molar-refractivity contribution < 1.29 is 19.5 Å². The molecule has 0 saturated carbocycles. The van der Waals surface area contributed by atoms with Crippen LogP contribution >= 0.6 is 0 Å². The highest BCUT2D eigenvalue weighted by Crippen LogP contribution is 2.21. The van der Waals surface area contributed by atoms with Crippen molar-refractivity contribution in [3.63, 3.8) is 0 Å². The van der Waals surface area contributed by atoms with Crippen molar-refractivity contribution in [2.75, 3.05) is 21.1 Å². The average molecular weight is 176 g/mol. The number of aliphatic carboxylic acids is 1. The van der Waals surface area contributed by atoms with Gasteiger partial charge in [-0.3, -0.25) is 4.48 Å². The van der Waals surface area contributed by atoms with Gasteiger partial charge < -0.3 is 10.2 Å². The average Bonchev–Trinajstić information content (AvgIpc) is 1.85. The van der Waals surface area contributed by atoms with Crippen molar-refractivity contribution in [1.82, 2.24) is 0 Å². The SMILES string of the molecule is CCCC(O)(C(=O)O)[N+](C)(C)C. The van der Waals surface area contributed by atoms with Gasteiger partial charge >= 0.3 is 5.97 Å². The summed E-state index contributed by atoms with van der Waals surface area (Å²) in [4.78, 5) is 10.8. The Balaban J connectivity index is 4.75. The van der Waals surface area contributed by atoms with Crippen molar-refractivity contribution in [3.05, 3.63) is 0 Å². The zero-order valence-electron chi connectivity index (χ0n) is 8.16. The van der Waals surface area contributed by atoms with Crippen LogP contribution in [0.15, 0.2) is 0 Å². The Morgan fingerprint density at radius 1 is 1.42 bits per heavy atom. The highest BCUT2D eigenvalue weighted by Gasteiger charge is 2.48. The molecule has 0 fully saturated rings. The second-order valence-corrected chi connectivity index (χ2v) is 3.88. The third-order valence-corrected chi connectivity index (χ3v) is 2.05. The van der Waals surface area contributed by atoms with Crippen LogP contribution in [0.25, 0.3) is 0 Å². The lowest BCUT2D eigenvalue weighted by molar-refractivity contribution is -0.939. The van der Waals surface area contributed by atoms with Crippen molar-refractivity contribution in [2.24, 2.45) is 0 Å². The number of hydrogen-bond donors (Lipinski definition) is 2. The first-order valence-electron chi connectivity index (χ1n) is 4.03. The molecule has 1 atom stereocenters. The van der Waals surface area contributed by atoms with Crippen molar-refractivity contribution in [1.29, 1.82) is 0 Å². The molecular weight excluding hydrogens is 158 g/mol. The quantitative estimate of drug-likeness (QED) is 0.477. The van der Waals surface area contributed by atoms with Crippen molar-refractivity contribution in [2.45, 2.75) is 25.5 Å². The van der Waals surface area contributed by atoms with Crippen LogP contribution in [-0.4, -0.2) is 47.5 Å². The van der Waals surface area contributed by atoms with Crippen LogP contribution in [-0.2, 0) is 4.79 Å². The lowest BCUT2D eigenvalue weighted by atomic mass is 10.1. The molecule has 0 heterocycles. The fraction of sp³-hybridized carbons (Fsp3) is 0.875. The van der Waals surface area contributed by atoms with Crippen LogP contribution in [0.3, 0.4) is 0 Å². The normalized spacial score (nSPS) is 17.1. The first-order chi connectivity index (χ1) is 5.25. The van der Waals surface area contributed by atoms with Gasteiger partial charge in [-0.05, 0) is 6.42 Å². The van der Waals surface area contributed by atoms with Crippen LogP contribution in [0.5, 0.6) is 0 Å². The maximum atomic E-state index is 10.8. The number of quaternary nitrogens is 1. The number of likely N-dealkylation sites (N-methyl/N-ethyl adjacent to an activating group) is 1. The highest BCUT2D eigenvalue weighted by molar-refractivity contribution is 5.75. The van der Waals surface area contributed by atoms with Gasteiger partial charge in [0, 0.05) is 6.42 Å². The smallest absolute Gasteiger partial charge is 0.395 e. The van der Waals surface area contributed by atoms with Crippen LogP contribution < -0.4 is 0 Å². The Labute approximate surface area is 73.0 Å². The molecule has 0 radical (unpaired) electrons. The topological polar surface area (TPSA) is 57.5 Å². The summed E-state index contributed by atoms with van der Waals surface area (Å²) in [5.74, 6) is -1.16. The molecule has 0 rings (SSSR count). The van der Waals surface area contributed by atoms with E-state index in [-0.39, 0.29) is 10.9 Å². The second kappa shape index (κ2) is 3.41. The van der Waals surface area contributed by atoms with Gasteiger partial charge in [0.1, 0.15) is 0 Å². The van der Waals surface area contributed by atoms with Gasteiger partial charge in [-0.1, -0.05) is 6.92 Å². The van der Waals surface area contributed by atoms with Gasteiger partial charge in [0.25, 0.3) is 5.72 Å². The number of rotatable bonds is 4. The lowest BCUT2D eigenvalue weighted by Gasteiger charge is -2.38. The number of hydrogen-bond acceptors (Lipinski definition) is 2. The van der Waals surface area contributed by atoms with Crippen molar-refractivity contribution in [3.8, 4) is 0 Å². The Morgan fingerprint density at radius 3 is 1.92 bits per heavy atom. The molecule has 0 saturated heterocycles. The molecule has 0 aromatic heterocycles. The third kappa shape index (κ3) is 1.95. The minimum Gasteiger partial charge on any atom is -0.475 e. The maximum Gasteiger partial charge on any atom is 0.395 e. The van der Waals surface area contributed by atoms with Crippen LogP contribution in [0.4, 0.5) is 0 Å². The van der Waals surface area contributed by atoms with E-state index in [1.54, 1.807) is 21.1 Å². The molecule has 4 nitrogen and oxygen atoms in total. The molecule has 2 N–H and O–H groups in total. The van der Waals surface area contributed by atoms with E-state index in [1.165, 1.54) is 0 Å². The summed E-state index contributed by atoms with van der Waals surface area (Å²) in [6.45, 7) is 1.85. The number of carbonyl (C=O) groups is 1. The fourth-order valence-corrected chi connectivity index (χ4v) is 1.08. The molecule has 72 valence electrons. The molecule has 0 bridgehead atoms. The van der Waals surface area contributed by atoms with E-state index in [0.717, 1.165) is 0 Å². The number of carboxylic acid groups (broad SMARTS) is 1. The van der Waals surface area contributed by atoms with Gasteiger partial charge in [-0.25, -0.2) is 4.79 Å². The maximum absolute atomic E-state index is 10.8. The lowest BCUT2D eigenvalue weighted by Crippen LogP contribution is -2.61. The second-order valence-electron chi connectivity index (χ2n) is 3.88. The Hall–Kier alpha value is -0.610. The molecule has 0 aliphatic carbocycles. The van der Waals surface area contributed by atoms with Gasteiger partial charge in [0.05, 0.1) is 21.1 Å². The van der Waals surface area contributed by atoms with E-state index in [0.29, 0.717) is 6.42 Å². The van der Waals surface area contributed by atoms with E-state index in [1.807, 2.05) is 6.92 Å². The van der Waals surface area contributed by atoms with Gasteiger partial charge in [0.2, 0.25) is 0 Å². The zero-order chi connectivity index (χ0) is 9.99. The molecule has 12 heavy (non-hydrogen) atoms. The van der Waals surface area contributed by atoms with E-state index in [9.17, 15) is 9.90 Å². The molecule has 0 aliphatic heterocycles.